The van der Waals surface area contributed by atoms with Gasteiger partial charge in [0, 0.05) is 5.56 Å². The van der Waals surface area contributed by atoms with Gasteiger partial charge in [0.1, 0.15) is 24.7 Å². The second-order valence-corrected chi connectivity index (χ2v) is 5.55. The van der Waals surface area contributed by atoms with Crippen molar-refractivity contribution in [2.45, 2.75) is 20.8 Å². The van der Waals surface area contributed by atoms with Crippen molar-refractivity contribution in [3.63, 3.8) is 0 Å². The number of amides is 1. The van der Waals surface area contributed by atoms with Crippen molar-refractivity contribution < 1.29 is 19.0 Å². The van der Waals surface area contributed by atoms with E-state index in [1.165, 1.54) is 6.21 Å². The Morgan fingerprint density at radius 3 is 2.46 bits per heavy atom. The third-order valence-electron chi connectivity index (χ3n) is 3.55. The first kappa shape index (κ1) is 19.3. The Bertz CT molecular complexity index is 739. The van der Waals surface area contributed by atoms with Gasteiger partial charge in [-0.2, -0.15) is 5.10 Å². The first-order valence-electron chi connectivity index (χ1n) is 8.48. The fraction of sp³-hybridized carbons (Fsp3) is 0.300. The van der Waals surface area contributed by atoms with Gasteiger partial charge >= 0.3 is 6.09 Å². The number of hydrogen-bond donors (Lipinski definition) is 1. The lowest BCUT2D eigenvalue weighted by molar-refractivity contribution is 0.152. The summed E-state index contributed by atoms with van der Waals surface area (Å²) >= 11 is 0. The second-order valence-electron chi connectivity index (χ2n) is 5.55. The van der Waals surface area contributed by atoms with Crippen molar-refractivity contribution >= 4 is 12.3 Å². The highest BCUT2D eigenvalue weighted by molar-refractivity contribution is 5.84. The van der Waals surface area contributed by atoms with Crippen LogP contribution in [0.15, 0.2) is 47.6 Å². The van der Waals surface area contributed by atoms with Crippen LogP contribution >= 0.6 is 0 Å². The number of hydrazone groups is 1. The number of ether oxygens (including phenoxy) is 3. The van der Waals surface area contributed by atoms with E-state index >= 15 is 0 Å². The van der Waals surface area contributed by atoms with Gasteiger partial charge in [-0.05, 0) is 44.0 Å². The Labute approximate surface area is 153 Å². The lowest BCUT2D eigenvalue weighted by atomic mass is 10.1. The SMILES string of the molecule is CCOC(=O)N/N=C\c1ccccc1OCCOc1c(C)cccc1C. The molecule has 0 saturated carbocycles. The van der Waals surface area contributed by atoms with Crippen molar-refractivity contribution in [1.29, 1.82) is 0 Å². The highest BCUT2D eigenvalue weighted by Crippen LogP contribution is 2.22. The summed E-state index contributed by atoms with van der Waals surface area (Å²) in [5.41, 5.74) is 5.23. The zero-order valence-corrected chi connectivity index (χ0v) is 15.3. The van der Waals surface area contributed by atoms with E-state index in [0.29, 0.717) is 25.6 Å². The number of hydrogen-bond acceptors (Lipinski definition) is 5. The lowest BCUT2D eigenvalue weighted by Gasteiger charge is -2.13. The first-order chi connectivity index (χ1) is 12.6. The van der Waals surface area contributed by atoms with Crippen molar-refractivity contribution in [2.24, 2.45) is 5.10 Å². The molecule has 0 fully saturated rings. The predicted octanol–water partition coefficient (Wildman–Crippen LogP) is 3.84. The summed E-state index contributed by atoms with van der Waals surface area (Å²) < 4.78 is 16.4. The largest absolute Gasteiger partial charge is 0.489 e. The van der Waals surface area contributed by atoms with Crippen LogP contribution in [0.2, 0.25) is 0 Å². The van der Waals surface area contributed by atoms with E-state index in [2.05, 4.69) is 10.5 Å². The fourth-order valence-corrected chi connectivity index (χ4v) is 2.36. The van der Waals surface area contributed by atoms with Crippen molar-refractivity contribution in [3.05, 3.63) is 59.2 Å². The number of nitrogens with one attached hydrogen (secondary N) is 1. The molecule has 1 amide bonds. The summed E-state index contributed by atoms with van der Waals surface area (Å²) in [5, 5.41) is 3.86. The third kappa shape index (κ3) is 5.81. The van der Waals surface area contributed by atoms with Crippen LogP contribution in [0.5, 0.6) is 11.5 Å². The van der Waals surface area contributed by atoms with E-state index < -0.39 is 6.09 Å². The Morgan fingerprint density at radius 1 is 1.04 bits per heavy atom. The quantitative estimate of drug-likeness (QED) is 0.443. The maximum absolute atomic E-state index is 11.2. The molecule has 2 aromatic rings. The number of para-hydroxylation sites is 2. The van der Waals surface area contributed by atoms with Crippen LogP contribution in [-0.4, -0.2) is 32.1 Å². The molecule has 0 aliphatic carbocycles. The van der Waals surface area contributed by atoms with Crippen LogP contribution in [0.4, 0.5) is 4.79 Å². The summed E-state index contributed by atoms with van der Waals surface area (Å²) in [6.45, 7) is 6.88. The van der Waals surface area contributed by atoms with Gasteiger partial charge in [0.05, 0.1) is 12.8 Å². The molecule has 0 unspecified atom stereocenters. The van der Waals surface area contributed by atoms with Crippen LogP contribution in [0.3, 0.4) is 0 Å². The molecule has 6 heteroatoms. The molecular weight excluding hydrogens is 332 g/mol. The maximum Gasteiger partial charge on any atom is 0.427 e. The molecule has 1 N–H and O–H groups in total. The summed E-state index contributed by atoms with van der Waals surface area (Å²) in [4.78, 5) is 11.2. The normalized spacial score (nSPS) is 10.6. The van der Waals surface area contributed by atoms with E-state index in [9.17, 15) is 4.79 Å². The van der Waals surface area contributed by atoms with E-state index in [4.69, 9.17) is 14.2 Å². The Kier molecular flexibility index (Phi) is 7.49. The lowest BCUT2D eigenvalue weighted by Crippen LogP contribution is -2.18. The van der Waals surface area contributed by atoms with Gasteiger partial charge in [0.25, 0.3) is 0 Å². The predicted molar refractivity (Wildman–Crippen MR) is 101 cm³/mol. The number of rotatable bonds is 8. The smallest absolute Gasteiger partial charge is 0.427 e. The molecule has 138 valence electrons. The minimum absolute atomic E-state index is 0.293. The molecule has 6 nitrogen and oxygen atoms in total. The Balaban J connectivity index is 1.88. The number of aryl methyl sites for hydroxylation is 2. The van der Waals surface area contributed by atoms with E-state index in [1.807, 2.05) is 56.3 Å². The molecule has 0 saturated heterocycles. The zero-order chi connectivity index (χ0) is 18.8. The highest BCUT2D eigenvalue weighted by atomic mass is 16.6. The molecule has 0 heterocycles. The van der Waals surface area contributed by atoms with Crippen LogP contribution in [-0.2, 0) is 4.74 Å². The van der Waals surface area contributed by atoms with Gasteiger partial charge in [-0.3, -0.25) is 0 Å². The van der Waals surface area contributed by atoms with E-state index in [1.54, 1.807) is 6.92 Å². The van der Waals surface area contributed by atoms with Gasteiger partial charge in [-0.15, -0.1) is 0 Å². The second kappa shape index (κ2) is 10.1. The van der Waals surface area contributed by atoms with Gasteiger partial charge in [0.15, 0.2) is 0 Å². The average Bonchev–Trinajstić information content (AvgIpc) is 2.62. The van der Waals surface area contributed by atoms with Crippen molar-refractivity contribution in [2.75, 3.05) is 19.8 Å². The zero-order valence-electron chi connectivity index (χ0n) is 15.3. The van der Waals surface area contributed by atoms with Gasteiger partial charge in [0.2, 0.25) is 0 Å². The third-order valence-corrected chi connectivity index (χ3v) is 3.55. The molecule has 0 radical (unpaired) electrons. The Morgan fingerprint density at radius 2 is 1.73 bits per heavy atom. The molecule has 0 aliphatic heterocycles. The van der Waals surface area contributed by atoms with E-state index in [0.717, 1.165) is 22.4 Å². The van der Waals surface area contributed by atoms with E-state index in [-0.39, 0.29) is 0 Å². The standard InChI is InChI=1S/C20H24N2O4/c1-4-24-20(23)22-21-14-17-10-5-6-11-18(17)25-12-13-26-19-15(2)8-7-9-16(19)3/h5-11,14H,4,12-13H2,1-3H3,(H,22,23)/b21-14-. The van der Waals surface area contributed by atoms with Gasteiger partial charge < -0.3 is 14.2 Å². The Hall–Kier alpha value is -3.02. The maximum atomic E-state index is 11.2. The van der Waals surface area contributed by atoms with Crippen LogP contribution in [0.1, 0.15) is 23.6 Å². The summed E-state index contributed by atoms with van der Waals surface area (Å²) in [6, 6.07) is 13.5. The van der Waals surface area contributed by atoms with Crippen LogP contribution < -0.4 is 14.9 Å². The van der Waals surface area contributed by atoms with Crippen molar-refractivity contribution in [1.82, 2.24) is 5.43 Å². The number of carbonyl (C=O) groups is 1. The minimum Gasteiger partial charge on any atom is -0.489 e. The topological polar surface area (TPSA) is 69.2 Å². The molecule has 0 bridgehead atoms. The summed E-state index contributed by atoms with van der Waals surface area (Å²) in [5.74, 6) is 1.55. The fourth-order valence-electron chi connectivity index (χ4n) is 2.36. The molecule has 2 rings (SSSR count). The van der Waals surface area contributed by atoms with Crippen LogP contribution in [0.25, 0.3) is 0 Å². The molecule has 26 heavy (non-hydrogen) atoms. The van der Waals surface area contributed by atoms with Gasteiger partial charge in [-0.1, -0.05) is 30.3 Å². The molecule has 0 aliphatic rings. The molecule has 0 aromatic heterocycles. The first-order valence-corrected chi connectivity index (χ1v) is 8.48. The van der Waals surface area contributed by atoms with Gasteiger partial charge in [-0.25, -0.2) is 10.2 Å². The number of benzene rings is 2. The molecule has 0 atom stereocenters. The number of carbonyl (C=O) groups excluding carboxylic acids is 1. The molecule has 2 aromatic carbocycles. The summed E-state index contributed by atoms with van der Waals surface area (Å²) in [6.07, 6.45) is 0.919. The van der Waals surface area contributed by atoms with Crippen LogP contribution in [0, 0.1) is 13.8 Å². The van der Waals surface area contributed by atoms with Crippen molar-refractivity contribution in [3.8, 4) is 11.5 Å². The minimum atomic E-state index is -0.593. The highest BCUT2D eigenvalue weighted by Gasteiger charge is 2.05. The summed E-state index contributed by atoms with van der Waals surface area (Å²) in [7, 11) is 0. The number of nitrogens with zero attached hydrogens (tertiary/aromatic N) is 1. The average molecular weight is 356 g/mol. The molecule has 0 spiro atoms. The molecular formula is C20H24N2O4. The monoisotopic (exact) mass is 356 g/mol.